The Morgan fingerprint density at radius 2 is 1.71 bits per heavy atom. The van der Waals surface area contributed by atoms with Crippen molar-refractivity contribution < 1.29 is 14.3 Å². The van der Waals surface area contributed by atoms with Crippen LogP contribution in [0, 0.1) is 13.8 Å². The molecule has 5 heteroatoms. The van der Waals surface area contributed by atoms with Crippen molar-refractivity contribution >= 4 is 11.7 Å². The molecule has 0 aromatic heterocycles. The van der Waals surface area contributed by atoms with E-state index in [0.29, 0.717) is 31.2 Å². The predicted octanol–water partition coefficient (Wildman–Crippen LogP) is 3.90. The quantitative estimate of drug-likeness (QED) is 0.758. The zero-order valence-electron chi connectivity index (χ0n) is 14.4. The van der Waals surface area contributed by atoms with Gasteiger partial charge in [0.15, 0.2) is 0 Å². The van der Waals surface area contributed by atoms with E-state index in [1.54, 1.807) is 6.07 Å². The lowest BCUT2D eigenvalue weighted by Gasteiger charge is -2.14. The molecule has 0 unspecified atom stereocenters. The first-order chi connectivity index (χ1) is 11.6. The molecule has 2 rings (SSSR count). The highest BCUT2D eigenvalue weighted by Gasteiger charge is 2.07. The zero-order chi connectivity index (χ0) is 17.4. The van der Waals surface area contributed by atoms with Crippen molar-refractivity contribution in [2.45, 2.75) is 20.8 Å². The minimum Gasteiger partial charge on any atom is -0.492 e. The molecular formula is C19H24N2O3. The molecule has 0 heterocycles. The Morgan fingerprint density at radius 3 is 2.42 bits per heavy atom. The molecule has 0 fully saturated rings. The molecule has 5 nitrogen and oxygen atoms in total. The first-order valence-corrected chi connectivity index (χ1v) is 8.07. The highest BCUT2D eigenvalue weighted by molar-refractivity contribution is 5.90. The van der Waals surface area contributed by atoms with Gasteiger partial charge in [0.1, 0.15) is 18.1 Å². The molecule has 0 spiro atoms. The summed E-state index contributed by atoms with van der Waals surface area (Å²) in [4.78, 5) is 12.0. The van der Waals surface area contributed by atoms with E-state index in [4.69, 9.17) is 9.47 Å². The van der Waals surface area contributed by atoms with Crippen molar-refractivity contribution in [1.29, 1.82) is 0 Å². The lowest BCUT2D eigenvalue weighted by molar-refractivity contribution is 0.247. The average Bonchev–Trinajstić information content (AvgIpc) is 2.56. The maximum atomic E-state index is 12.0. The third kappa shape index (κ3) is 4.91. The van der Waals surface area contributed by atoms with Gasteiger partial charge < -0.3 is 20.1 Å². The van der Waals surface area contributed by atoms with E-state index < -0.39 is 0 Å². The number of carbonyl (C=O) groups excluding carboxylic acids is 1. The molecule has 128 valence electrons. The van der Waals surface area contributed by atoms with Crippen molar-refractivity contribution in [2.24, 2.45) is 0 Å². The van der Waals surface area contributed by atoms with Gasteiger partial charge in [0.2, 0.25) is 0 Å². The number of rotatable bonds is 7. The number of amides is 2. The largest absolute Gasteiger partial charge is 0.492 e. The number of benzene rings is 2. The second-order valence-corrected chi connectivity index (χ2v) is 5.38. The van der Waals surface area contributed by atoms with E-state index in [1.165, 1.54) is 0 Å². The maximum Gasteiger partial charge on any atom is 0.319 e. The molecule has 0 saturated heterocycles. The topological polar surface area (TPSA) is 59.6 Å². The van der Waals surface area contributed by atoms with Gasteiger partial charge in [0.05, 0.1) is 18.8 Å². The van der Waals surface area contributed by atoms with E-state index in [0.717, 1.165) is 16.9 Å². The lowest BCUT2D eigenvalue weighted by Crippen LogP contribution is -2.32. The zero-order valence-corrected chi connectivity index (χ0v) is 14.4. The molecule has 0 aliphatic heterocycles. The molecule has 24 heavy (non-hydrogen) atoms. The number of para-hydroxylation sites is 3. The molecule has 2 amide bonds. The molecule has 0 aliphatic rings. The molecule has 0 saturated carbocycles. The Hall–Kier alpha value is -2.69. The average molecular weight is 328 g/mol. The van der Waals surface area contributed by atoms with Gasteiger partial charge in [0, 0.05) is 0 Å². The second-order valence-electron chi connectivity index (χ2n) is 5.38. The summed E-state index contributed by atoms with van der Waals surface area (Å²) in [7, 11) is 0. The van der Waals surface area contributed by atoms with Crippen LogP contribution in [0.5, 0.6) is 11.5 Å². The van der Waals surface area contributed by atoms with E-state index in [1.807, 2.05) is 57.2 Å². The normalized spacial score (nSPS) is 10.1. The SMILES string of the molecule is CCOc1ccccc1NC(=O)NCCOc1c(C)cccc1C. The van der Waals surface area contributed by atoms with E-state index in [9.17, 15) is 4.79 Å². The van der Waals surface area contributed by atoms with Crippen LogP contribution >= 0.6 is 0 Å². The van der Waals surface area contributed by atoms with Gasteiger partial charge in [-0.3, -0.25) is 0 Å². The summed E-state index contributed by atoms with van der Waals surface area (Å²) in [5.74, 6) is 1.53. The number of ether oxygens (including phenoxy) is 2. The third-order valence-corrected chi connectivity index (χ3v) is 3.48. The van der Waals surface area contributed by atoms with Gasteiger partial charge in [-0.05, 0) is 44.0 Å². The summed E-state index contributed by atoms with van der Waals surface area (Å²) in [6.45, 7) is 7.29. The molecule has 0 bridgehead atoms. The molecule has 2 aromatic rings. The number of nitrogens with one attached hydrogen (secondary N) is 2. The minimum absolute atomic E-state index is 0.285. The Kier molecular flexibility index (Phi) is 6.49. The Balaban J connectivity index is 1.80. The summed E-state index contributed by atoms with van der Waals surface area (Å²) < 4.78 is 11.2. The molecule has 0 atom stereocenters. The minimum atomic E-state index is -0.285. The van der Waals surface area contributed by atoms with Gasteiger partial charge in [-0.25, -0.2) is 4.79 Å². The highest BCUT2D eigenvalue weighted by Crippen LogP contribution is 2.23. The molecule has 2 aromatic carbocycles. The number of anilines is 1. The number of aryl methyl sites for hydroxylation is 2. The van der Waals surface area contributed by atoms with Crippen molar-refractivity contribution in [3.8, 4) is 11.5 Å². The van der Waals surface area contributed by atoms with Crippen molar-refractivity contribution in [2.75, 3.05) is 25.1 Å². The lowest BCUT2D eigenvalue weighted by atomic mass is 10.1. The van der Waals surface area contributed by atoms with Crippen LogP contribution in [0.3, 0.4) is 0 Å². The van der Waals surface area contributed by atoms with Crippen LogP contribution in [-0.2, 0) is 0 Å². The first kappa shape index (κ1) is 17.7. The fraction of sp³-hybridized carbons (Fsp3) is 0.316. The molecule has 0 radical (unpaired) electrons. The van der Waals surface area contributed by atoms with Crippen LogP contribution in [0.25, 0.3) is 0 Å². The summed E-state index contributed by atoms with van der Waals surface area (Å²) in [6.07, 6.45) is 0. The van der Waals surface area contributed by atoms with Crippen LogP contribution < -0.4 is 20.1 Å². The van der Waals surface area contributed by atoms with Crippen LogP contribution in [-0.4, -0.2) is 25.8 Å². The van der Waals surface area contributed by atoms with Gasteiger partial charge in [0.25, 0.3) is 0 Å². The highest BCUT2D eigenvalue weighted by atomic mass is 16.5. The number of hydrogen-bond donors (Lipinski definition) is 2. The van der Waals surface area contributed by atoms with E-state index >= 15 is 0 Å². The molecular weight excluding hydrogens is 304 g/mol. The standard InChI is InChI=1S/C19H24N2O3/c1-4-23-17-11-6-5-10-16(17)21-19(22)20-12-13-24-18-14(2)8-7-9-15(18)3/h5-11H,4,12-13H2,1-3H3,(H2,20,21,22). The smallest absolute Gasteiger partial charge is 0.319 e. The fourth-order valence-corrected chi connectivity index (χ4v) is 2.36. The van der Waals surface area contributed by atoms with Crippen molar-refractivity contribution in [1.82, 2.24) is 5.32 Å². The summed E-state index contributed by atoms with van der Waals surface area (Å²) in [5, 5.41) is 5.57. The van der Waals surface area contributed by atoms with E-state index in [-0.39, 0.29) is 6.03 Å². The summed E-state index contributed by atoms with van der Waals surface area (Å²) in [5.41, 5.74) is 2.82. The van der Waals surface area contributed by atoms with Crippen LogP contribution in [0.4, 0.5) is 10.5 Å². The molecule has 0 aliphatic carbocycles. The van der Waals surface area contributed by atoms with Gasteiger partial charge in [-0.15, -0.1) is 0 Å². The number of hydrogen-bond acceptors (Lipinski definition) is 3. The van der Waals surface area contributed by atoms with Crippen LogP contribution in [0.1, 0.15) is 18.1 Å². The van der Waals surface area contributed by atoms with Gasteiger partial charge >= 0.3 is 6.03 Å². The Labute approximate surface area is 143 Å². The third-order valence-electron chi connectivity index (χ3n) is 3.48. The number of carbonyl (C=O) groups is 1. The summed E-state index contributed by atoms with van der Waals surface area (Å²) >= 11 is 0. The van der Waals surface area contributed by atoms with Crippen molar-refractivity contribution in [3.63, 3.8) is 0 Å². The van der Waals surface area contributed by atoms with Crippen LogP contribution in [0.15, 0.2) is 42.5 Å². The van der Waals surface area contributed by atoms with Crippen LogP contribution in [0.2, 0.25) is 0 Å². The predicted molar refractivity (Wildman–Crippen MR) is 96.0 cm³/mol. The Bertz CT molecular complexity index is 666. The Morgan fingerprint density at radius 1 is 1.00 bits per heavy atom. The second kappa shape index (κ2) is 8.82. The number of urea groups is 1. The summed E-state index contributed by atoms with van der Waals surface area (Å²) in [6, 6.07) is 13.1. The molecule has 2 N–H and O–H groups in total. The fourth-order valence-electron chi connectivity index (χ4n) is 2.36. The van der Waals surface area contributed by atoms with Gasteiger partial charge in [-0.2, -0.15) is 0 Å². The monoisotopic (exact) mass is 328 g/mol. The van der Waals surface area contributed by atoms with Gasteiger partial charge in [-0.1, -0.05) is 30.3 Å². The van der Waals surface area contributed by atoms with Crippen molar-refractivity contribution in [3.05, 3.63) is 53.6 Å². The first-order valence-electron chi connectivity index (χ1n) is 8.07. The maximum absolute atomic E-state index is 12.0. The van der Waals surface area contributed by atoms with E-state index in [2.05, 4.69) is 10.6 Å².